The van der Waals surface area contributed by atoms with Gasteiger partial charge in [0, 0.05) is 0 Å². The summed E-state index contributed by atoms with van der Waals surface area (Å²) in [6, 6.07) is 10.6. The second-order valence-corrected chi connectivity index (χ2v) is 5.07. The topological polar surface area (TPSA) is 80.9 Å². The van der Waals surface area contributed by atoms with Crippen LogP contribution in [-0.4, -0.2) is 30.3 Å². The van der Waals surface area contributed by atoms with Crippen molar-refractivity contribution in [3.63, 3.8) is 0 Å². The first-order valence-corrected chi connectivity index (χ1v) is 7.04. The third-order valence-corrected chi connectivity index (χ3v) is 3.36. The van der Waals surface area contributed by atoms with Crippen molar-refractivity contribution in [3.8, 4) is 11.5 Å². The van der Waals surface area contributed by atoms with Gasteiger partial charge in [0.15, 0.2) is 11.5 Å². The summed E-state index contributed by atoms with van der Waals surface area (Å²) in [5.74, 6) is 1.95. The molecule has 6 heteroatoms. The molecule has 0 saturated heterocycles. The number of carbonyl (C=O) groups is 1. The van der Waals surface area contributed by atoms with Crippen LogP contribution < -0.4 is 14.8 Å². The Morgan fingerprint density at radius 2 is 2.09 bits per heavy atom. The Labute approximate surface area is 127 Å². The van der Waals surface area contributed by atoms with Gasteiger partial charge in [0.05, 0.1) is 6.54 Å². The summed E-state index contributed by atoms with van der Waals surface area (Å²) in [4.78, 5) is 12.1. The maximum Gasteiger partial charge on any atom is 0.264 e. The molecular formula is C16H17NO5. The number of ether oxygens (including phenoxy) is 2. The van der Waals surface area contributed by atoms with Crippen LogP contribution in [0.25, 0.3) is 0 Å². The summed E-state index contributed by atoms with van der Waals surface area (Å²) in [6.07, 6.45) is -1.63. The number of fused-ring (bicyclic) bond motifs is 1. The fraction of sp³-hybridized carbons (Fsp3) is 0.312. The van der Waals surface area contributed by atoms with Crippen LogP contribution in [0.4, 0.5) is 0 Å². The second kappa shape index (κ2) is 6.11. The highest BCUT2D eigenvalue weighted by Gasteiger charge is 2.27. The van der Waals surface area contributed by atoms with Gasteiger partial charge in [-0.2, -0.15) is 0 Å². The van der Waals surface area contributed by atoms with Crippen molar-refractivity contribution in [1.82, 2.24) is 5.32 Å². The Bertz CT molecular complexity index is 666. The Morgan fingerprint density at radius 1 is 1.32 bits per heavy atom. The first kappa shape index (κ1) is 14.5. The molecule has 0 saturated carbocycles. The highest BCUT2D eigenvalue weighted by atomic mass is 16.6. The van der Waals surface area contributed by atoms with Crippen molar-refractivity contribution >= 4 is 5.91 Å². The van der Waals surface area contributed by atoms with Crippen molar-refractivity contribution in [1.29, 1.82) is 0 Å². The normalized spacial score (nSPS) is 17.8. The van der Waals surface area contributed by atoms with Gasteiger partial charge in [-0.15, -0.1) is 0 Å². The number of aliphatic hydroxyl groups is 1. The minimum Gasteiger partial charge on any atom is -0.485 e. The van der Waals surface area contributed by atoms with E-state index in [2.05, 4.69) is 5.32 Å². The quantitative estimate of drug-likeness (QED) is 0.896. The minimum absolute atomic E-state index is 0.0489. The highest BCUT2D eigenvalue weighted by Crippen LogP contribution is 2.30. The number of rotatable bonds is 4. The molecule has 22 heavy (non-hydrogen) atoms. The van der Waals surface area contributed by atoms with Crippen molar-refractivity contribution in [2.75, 3.05) is 13.2 Å². The van der Waals surface area contributed by atoms with Gasteiger partial charge in [-0.3, -0.25) is 4.79 Å². The van der Waals surface area contributed by atoms with E-state index in [0.717, 1.165) is 0 Å². The molecule has 0 radical (unpaired) electrons. The van der Waals surface area contributed by atoms with Gasteiger partial charge in [0.2, 0.25) is 6.10 Å². The molecular weight excluding hydrogens is 286 g/mol. The van der Waals surface area contributed by atoms with Crippen LogP contribution in [0.3, 0.4) is 0 Å². The van der Waals surface area contributed by atoms with Crippen LogP contribution in [0.5, 0.6) is 11.5 Å². The number of hydrogen-bond donors (Lipinski definition) is 2. The summed E-state index contributed by atoms with van der Waals surface area (Å²) < 4.78 is 16.4. The third kappa shape index (κ3) is 3.07. The van der Waals surface area contributed by atoms with Crippen LogP contribution in [0.2, 0.25) is 0 Å². The standard InChI is InChI=1S/C16H17NO5/c1-10-6-7-12(21-10)11(18)8-17-16(19)15-9-20-13-4-2-3-5-14(13)22-15/h2-7,11,15,18H,8-9H2,1H3,(H,17,19). The molecule has 0 aliphatic carbocycles. The smallest absolute Gasteiger partial charge is 0.264 e. The summed E-state index contributed by atoms with van der Waals surface area (Å²) in [5, 5.41) is 12.6. The molecule has 0 bridgehead atoms. The second-order valence-electron chi connectivity index (χ2n) is 5.07. The molecule has 0 spiro atoms. The average molecular weight is 303 g/mol. The van der Waals surface area contributed by atoms with E-state index in [1.54, 1.807) is 31.2 Å². The van der Waals surface area contributed by atoms with Crippen molar-refractivity contribution in [2.45, 2.75) is 19.1 Å². The number of hydrogen-bond acceptors (Lipinski definition) is 5. The third-order valence-electron chi connectivity index (χ3n) is 3.36. The zero-order chi connectivity index (χ0) is 15.5. The Balaban J connectivity index is 1.55. The maximum absolute atomic E-state index is 12.1. The Hall–Kier alpha value is -2.47. The highest BCUT2D eigenvalue weighted by molar-refractivity contribution is 5.81. The first-order chi connectivity index (χ1) is 10.6. The number of para-hydroxylation sites is 2. The fourth-order valence-electron chi connectivity index (χ4n) is 2.19. The van der Waals surface area contributed by atoms with E-state index < -0.39 is 12.2 Å². The predicted octanol–water partition coefficient (Wildman–Crippen LogP) is 1.58. The van der Waals surface area contributed by atoms with E-state index in [0.29, 0.717) is 23.0 Å². The lowest BCUT2D eigenvalue weighted by Crippen LogP contribution is -2.45. The van der Waals surface area contributed by atoms with Gasteiger partial charge in [0.25, 0.3) is 5.91 Å². The number of aliphatic hydroxyl groups excluding tert-OH is 1. The van der Waals surface area contributed by atoms with Gasteiger partial charge >= 0.3 is 0 Å². The molecule has 0 fully saturated rings. The monoisotopic (exact) mass is 303 g/mol. The predicted molar refractivity (Wildman–Crippen MR) is 77.8 cm³/mol. The molecule has 6 nitrogen and oxygen atoms in total. The van der Waals surface area contributed by atoms with Crippen molar-refractivity contribution in [2.24, 2.45) is 0 Å². The summed E-state index contributed by atoms with van der Waals surface area (Å²) in [7, 11) is 0. The molecule has 2 atom stereocenters. The molecule has 2 heterocycles. The van der Waals surface area contributed by atoms with E-state index in [4.69, 9.17) is 13.9 Å². The first-order valence-electron chi connectivity index (χ1n) is 7.04. The van der Waals surface area contributed by atoms with Crippen molar-refractivity contribution < 1.29 is 23.8 Å². The zero-order valence-electron chi connectivity index (χ0n) is 12.1. The number of amides is 1. The van der Waals surface area contributed by atoms with Crippen LogP contribution in [0.15, 0.2) is 40.8 Å². The van der Waals surface area contributed by atoms with E-state index in [9.17, 15) is 9.90 Å². The molecule has 2 unspecified atom stereocenters. The number of benzene rings is 1. The molecule has 1 amide bonds. The van der Waals surface area contributed by atoms with Crippen LogP contribution in [0.1, 0.15) is 17.6 Å². The van der Waals surface area contributed by atoms with Gasteiger partial charge in [-0.05, 0) is 31.2 Å². The fourth-order valence-corrected chi connectivity index (χ4v) is 2.19. The van der Waals surface area contributed by atoms with E-state index in [1.807, 2.05) is 12.1 Å². The summed E-state index contributed by atoms with van der Waals surface area (Å²) in [6.45, 7) is 1.98. The number of furan rings is 1. The SMILES string of the molecule is Cc1ccc(C(O)CNC(=O)C2COc3ccccc3O2)o1. The Morgan fingerprint density at radius 3 is 2.82 bits per heavy atom. The van der Waals surface area contributed by atoms with E-state index >= 15 is 0 Å². The van der Waals surface area contributed by atoms with E-state index in [1.165, 1.54) is 0 Å². The van der Waals surface area contributed by atoms with E-state index in [-0.39, 0.29) is 19.1 Å². The van der Waals surface area contributed by atoms with Crippen LogP contribution in [-0.2, 0) is 4.79 Å². The molecule has 2 N–H and O–H groups in total. The number of nitrogens with one attached hydrogen (secondary N) is 1. The lowest BCUT2D eigenvalue weighted by molar-refractivity contribution is -0.130. The Kier molecular flexibility index (Phi) is 4.02. The molecule has 2 aromatic rings. The van der Waals surface area contributed by atoms with Crippen molar-refractivity contribution in [3.05, 3.63) is 47.9 Å². The van der Waals surface area contributed by atoms with Gasteiger partial charge < -0.3 is 24.3 Å². The van der Waals surface area contributed by atoms with Gasteiger partial charge in [-0.1, -0.05) is 12.1 Å². The lowest BCUT2D eigenvalue weighted by atomic mass is 10.2. The molecule has 3 rings (SSSR count). The minimum atomic E-state index is -0.894. The molecule has 1 aromatic carbocycles. The number of carbonyl (C=O) groups excluding carboxylic acids is 1. The summed E-state index contributed by atoms with van der Waals surface area (Å²) in [5.41, 5.74) is 0. The maximum atomic E-state index is 12.1. The molecule has 1 aliphatic heterocycles. The largest absolute Gasteiger partial charge is 0.485 e. The molecule has 116 valence electrons. The van der Waals surface area contributed by atoms with Crippen LogP contribution >= 0.6 is 0 Å². The number of aryl methyl sites for hydroxylation is 1. The van der Waals surface area contributed by atoms with Gasteiger partial charge in [-0.25, -0.2) is 0 Å². The average Bonchev–Trinajstić information content (AvgIpc) is 2.98. The summed E-state index contributed by atoms with van der Waals surface area (Å²) >= 11 is 0. The molecule has 1 aliphatic rings. The van der Waals surface area contributed by atoms with Gasteiger partial charge in [0.1, 0.15) is 24.2 Å². The lowest BCUT2D eigenvalue weighted by Gasteiger charge is -2.25. The zero-order valence-corrected chi connectivity index (χ0v) is 12.1. The van der Waals surface area contributed by atoms with Crippen LogP contribution in [0, 0.1) is 6.92 Å². The molecule has 1 aromatic heterocycles.